The highest BCUT2D eigenvalue weighted by Crippen LogP contribution is 2.30. The number of nitrogens with zero attached hydrogens (tertiary/aromatic N) is 2. The van der Waals surface area contributed by atoms with Crippen LogP contribution in [0.1, 0.15) is 16.6 Å². The Kier molecular flexibility index (Phi) is 5.33. The molecule has 0 bridgehead atoms. The summed E-state index contributed by atoms with van der Waals surface area (Å²) in [5.74, 6) is -0.387. The van der Waals surface area contributed by atoms with Crippen LogP contribution in [0.5, 0.6) is 0 Å². The summed E-state index contributed by atoms with van der Waals surface area (Å²) in [6.45, 7) is 3.94. The number of carbonyl (C=O) groups is 2. The molecule has 0 radical (unpaired) electrons. The second-order valence-corrected chi connectivity index (χ2v) is 6.71. The molecule has 0 unspecified atom stereocenters. The number of benzene rings is 1. The van der Waals surface area contributed by atoms with Crippen molar-refractivity contribution >= 4 is 23.3 Å². The van der Waals surface area contributed by atoms with Crippen molar-refractivity contribution in [1.29, 1.82) is 0 Å². The van der Waals surface area contributed by atoms with Gasteiger partial charge in [-0.2, -0.15) is 0 Å². The Morgan fingerprint density at radius 1 is 1.08 bits per heavy atom. The van der Waals surface area contributed by atoms with Crippen LogP contribution in [0.3, 0.4) is 0 Å². The monoisotopic (exact) mass is 362 g/mol. The summed E-state index contributed by atoms with van der Waals surface area (Å²) in [6, 6.07) is 10.0. The number of thiophene rings is 1. The van der Waals surface area contributed by atoms with E-state index in [2.05, 4.69) is 0 Å². The Bertz CT molecular complexity index is 769. The highest BCUT2D eigenvalue weighted by Gasteiger charge is 2.26. The first-order valence-corrected chi connectivity index (χ1v) is 8.97. The van der Waals surface area contributed by atoms with Gasteiger partial charge in [0.05, 0.1) is 11.5 Å². The van der Waals surface area contributed by atoms with Crippen LogP contribution < -0.4 is 0 Å². The van der Waals surface area contributed by atoms with Gasteiger partial charge in [-0.05, 0) is 25.1 Å². The SMILES string of the molecule is CCOC(=O)N1CCN(C(=O)c2ccc(-c3ccccc3F)s2)CC1. The molecule has 7 heteroatoms. The number of ether oxygens (including phenoxy) is 1. The zero-order chi connectivity index (χ0) is 17.8. The minimum Gasteiger partial charge on any atom is -0.450 e. The van der Waals surface area contributed by atoms with E-state index in [0.29, 0.717) is 43.2 Å². The summed E-state index contributed by atoms with van der Waals surface area (Å²) in [7, 11) is 0. The summed E-state index contributed by atoms with van der Waals surface area (Å²) in [5.41, 5.74) is 0.499. The number of rotatable bonds is 3. The molecule has 1 aliphatic rings. The molecule has 0 spiro atoms. The molecular formula is C18H19FN2O3S. The van der Waals surface area contributed by atoms with Gasteiger partial charge in [0.1, 0.15) is 5.82 Å². The Hall–Kier alpha value is -2.41. The molecule has 1 fully saturated rings. The normalized spacial score (nSPS) is 14.5. The molecule has 0 atom stereocenters. The third-order valence-corrected chi connectivity index (χ3v) is 5.16. The van der Waals surface area contributed by atoms with Crippen molar-refractivity contribution < 1.29 is 18.7 Å². The lowest BCUT2D eigenvalue weighted by Crippen LogP contribution is -2.50. The van der Waals surface area contributed by atoms with Crippen molar-refractivity contribution in [2.24, 2.45) is 0 Å². The molecule has 1 aliphatic heterocycles. The first-order valence-electron chi connectivity index (χ1n) is 8.16. The highest BCUT2D eigenvalue weighted by molar-refractivity contribution is 7.17. The smallest absolute Gasteiger partial charge is 0.409 e. The van der Waals surface area contributed by atoms with E-state index in [-0.39, 0.29) is 17.8 Å². The zero-order valence-corrected chi connectivity index (χ0v) is 14.7. The fourth-order valence-electron chi connectivity index (χ4n) is 2.72. The summed E-state index contributed by atoms with van der Waals surface area (Å²) >= 11 is 1.28. The van der Waals surface area contributed by atoms with Crippen LogP contribution in [0.15, 0.2) is 36.4 Å². The lowest BCUT2D eigenvalue weighted by Gasteiger charge is -2.33. The van der Waals surface area contributed by atoms with Crippen LogP contribution in [-0.2, 0) is 4.74 Å². The third kappa shape index (κ3) is 3.82. The first kappa shape index (κ1) is 17.4. The quantitative estimate of drug-likeness (QED) is 0.840. The van der Waals surface area contributed by atoms with Gasteiger partial charge in [0.2, 0.25) is 0 Å². The number of carbonyl (C=O) groups excluding carboxylic acids is 2. The first-order chi connectivity index (χ1) is 12.1. The van der Waals surface area contributed by atoms with Crippen molar-refractivity contribution in [3.8, 4) is 10.4 Å². The Morgan fingerprint density at radius 3 is 2.44 bits per heavy atom. The molecular weight excluding hydrogens is 343 g/mol. The van der Waals surface area contributed by atoms with Gasteiger partial charge < -0.3 is 14.5 Å². The third-order valence-electron chi connectivity index (χ3n) is 4.05. The maximum absolute atomic E-state index is 13.9. The summed E-state index contributed by atoms with van der Waals surface area (Å²) in [4.78, 5) is 29.0. The maximum atomic E-state index is 13.9. The van der Waals surface area contributed by atoms with Gasteiger partial charge >= 0.3 is 6.09 Å². The zero-order valence-electron chi connectivity index (χ0n) is 13.9. The van der Waals surface area contributed by atoms with Gasteiger partial charge in [-0.3, -0.25) is 4.79 Å². The Labute approximate surface area is 149 Å². The van der Waals surface area contributed by atoms with E-state index in [9.17, 15) is 14.0 Å². The van der Waals surface area contributed by atoms with Crippen molar-refractivity contribution in [2.75, 3.05) is 32.8 Å². The van der Waals surface area contributed by atoms with Crippen LogP contribution in [0, 0.1) is 5.82 Å². The molecule has 132 valence electrons. The molecule has 0 N–H and O–H groups in total. The second kappa shape index (κ2) is 7.65. The number of amides is 2. The lowest BCUT2D eigenvalue weighted by atomic mass is 10.2. The largest absolute Gasteiger partial charge is 0.450 e. The van der Waals surface area contributed by atoms with E-state index >= 15 is 0 Å². The maximum Gasteiger partial charge on any atom is 0.409 e. The predicted octanol–water partition coefficient (Wildman–Crippen LogP) is 3.47. The van der Waals surface area contributed by atoms with Crippen molar-refractivity contribution in [2.45, 2.75) is 6.92 Å². The average Bonchev–Trinajstić information content (AvgIpc) is 3.11. The van der Waals surface area contributed by atoms with Crippen molar-refractivity contribution in [3.05, 3.63) is 47.1 Å². The topological polar surface area (TPSA) is 49.9 Å². The van der Waals surface area contributed by atoms with Crippen molar-refractivity contribution in [1.82, 2.24) is 9.80 Å². The summed E-state index contributed by atoms with van der Waals surface area (Å²) in [6.07, 6.45) is -0.340. The van der Waals surface area contributed by atoms with E-state index in [4.69, 9.17) is 4.74 Å². The van der Waals surface area contributed by atoms with Gasteiger partial charge in [0.25, 0.3) is 5.91 Å². The summed E-state index contributed by atoms with van der Waals surface area (Å²) < 4.78 is 18.9. The van der Waals surface area contributed by atoms with Gasteiger partial charge in [0, 0.05) is 36.6 Å². The van der Waals surface area contributed by atoms with E-state index in [1.54, 1.807) is 47.1 Å². The van der Waals surface area contributed by atoms with Gasteiger partial charge in [-0.25, -0.2) is 9.18 Å². The molecule has 1 aromatic carbocycles. The van der Waals surface area contributed by atoms with Crippen LogP contribution in [-0.4, -0.2) is 54.6 Å². The molecule has 5 nitrogen and oxygen atoms in total. The Morgan fingerprint density at radius 2 is 1.76 bits per heavy atom. The fourth-order valence-corrected chi connectivity index (χ4v) is 3.72. The van der Waals surface area contributed by atoms with Gasteiger partial charge in [-0.1, -0.05) is 18.2 Å². The van der Waals surface area contributed by atoms with Crippen LogP contribution >= 0.6 is 11.3 Å². The number of hydrogen-bond acceptors (Lipinski definition) is 4. The van der Waals surface area contributed by atoms with Crippen LogP contribution in [0.4, 0.5) is 9.18 Å². The van der Waals surface area contributed by atoms with E-state index in [1.165, 1.54) is 17.4 Å². The average molecular weight is 362 g/mol. The highest BCUT2D eigenvalue weighted by atomic mass is 32.1. The van der Waals surface area contributed by atoms with Crippen LogP contribution in [0.25, 0.3) is 10.4 Å². The lowest BCUT2D eigenvalue weighted by molar-refractivity contribution is 0.0574. The second-order valence-electron chi connectivity index (χ2n) is 5.62. The molecule has 2 aromatic rings. The van der Waals surface area contributed by atoms with E-state index < -0.39 is 0 Å². The number of hydrogen-bond donors (Lipinski definition) is 0. The Balaban J connectivity index is 1.65. The van der Waals surface area contributed by atoms with Crippen molar-refractivity contribution in [3.63, 3.8) is 0 Å². The minimum atomic E-state index is -0.340. The van der Waals surface area contributed by atoms with E-state index in [1.807, 2.05) is 0 Å². The standard InChI is InChI=1S/C18H19FN2O3S/c1-2-24-18(23)21-11-9-20(10-12-21)17(22)16-8-7-15(25-16)13-5-3-4-6-14(13)19/h3-8H,2,9-12H2,1H3. The molecule has 0 saturated carbocycles. The van der Waals surface area contributed by atoms with Gasteiger partial charge in [0.15, 0.2) is 0 Å². The fraction of sp³-hybridized carbons (Fsp3) is 0.333. The number of piperazine rings is 1. The summed E-state index contributed by atoms with van der Waals surface area (Å²) in [5, 5.41) is 0. The van der Waals surface area contributed by atoms with Gasteiger partial charge in [-0.15, -0.1) is 11.3 Å². The number of halogens is 1. The molecule has 2 amide bonds. The van der Waals surface area contributed by atoms with E-state index in [0.717, 1.165) is 4.88 Å². The minimum absolute atomic E-state index is 0.0869. The molecule has 25 heavy (non-hydrogen) atoms. The molecule has 3 rings (SSSR count). The molecule has 2 heterocycles. The molecule has 1 saturated heterocycles. The predicted molar refractivity (Wildman–Crippen MR) is 94.2 cm³/mol. The molecule has 1 aromatic heterocycles. The molecule has 0 aliphatic carbocycles. The van der Waals surface area contributed by atoms with Crippen LogP contribution in [0.2, 0.25) is 0 Å².